The van der Waals surface area contributed by atoms with Crippen molar-refractivity contribution in [2.45, 2.75) is 47.0 Å². The molecule has 7 heteroatoms. The normalized spacial score (nSPS) is 11.5. The maximum absolute atomic E-state index is 11.3. The standard InChI is InChI=1S/C29H40N4O3/c1-22-16-25(18-32(12-14-35-4)20-27-10-6-8-23(2)30-27)29(34)26(17-22)19-33(13-15-36-5)21-28-11-7-9-24(3)31-28/h6-11,16-17,34H,12-15,18-21H2,1-5H3. The van der Waals surface area contributed by atoms with E-state index < -0.39 is 0 Å². The number of methoxy groups -OCH3 is 2. The van der Waals surface area contributed by atoms with Crippen LogP contribution in [0.25, 0.3) is 0 Å². The number of aromatic nitrogens is 2. The summed E-state index contributed by atoms with van der Waals surface area (Å²) in [5.74, 6) is 0.347. The molecule has 7 nitrogen and oxygen atoms in total. The summed E-state index contributed by atoms with van der Waals surface area (Å²) >= 11 is 0. The van der Waals surface area contributed by atoms with Crippen molar-refractivity contribution in [1.82, 2.24) is 19.8 Å². The number of hydrogen-bond donors (Lipinski definition) is 1. The molecule has 0 aliphatic rings. The lowest BCUT2D eigenvalue weighted by atomic mass is 10.0. The molecular formula is C29H40N4O3. The van der Waals surface area contributed by atoms with Gasteiger partial charge >= 0.3 is 0 Å². The van der Waals surface area contributed by atoms with Crippen molar-refractivity contribution < 1.29 is 14.6 Å². The Bertz CT molecular complexity index is 1020. The quantitative estimate of drug-likeness (QED) is 0.358. The monoisotopic (exact) mass is 492 g/mol. The predicted octanol–water partition coefficient (Wildman–Crippen LogP) is 4.40. The summed E-state index contributed by atoms with van der Waals surface area (Å²) in [7, 11) is 3.42. The maximum Gasteiger partial charge on any atom is 0.124 e. The molecule has 0 radical (unpaired) electrons. The second-order valence-corrected chi connectivity index (χ2v) is 9.38. The SMILES string of the molecule is COCCN(Cc1cccc(C)n1)Cc1cc(C)cc(CN(CCOC)Cc2cccc(C)n2)c1O. The first-order valence-corrected chi connectivity index (χ1v) is 12.5. The lowest BCUT2D eigenvalue weighted by molar-refractivity contribution is 0.137. The molecule has 0 atom stereocenters. The minimum atomic E-state index is 0.347. The molecule has 0 spiro atoms. The second kappa shape index (κ2) is 14.0. The van der Waals surface area contributed by atoms with Crippen molar-refractivity contribution in [3.05, 3.63) is 88.0 Å². The van der Waals surface area contributed by atoms with E-state index in [1.165, 1.54) is 0 Å². The van der Waals surface area contributed by atoms with Gasteiger partial charge in [-0.3, -0.25) is 19.8 Å². The molecular weight excluding hydrogens is 452 g/mol. The van der Waals surface area contributed by atoms with Crippen LogP contribution in [-0.4, -0.2) is 65.4 Å². The number of nitrogens with zero attached hydrogens (tertiary/aromatic N) is 4. The summed E-state index contributed by atoms with van der Waals surface area (Å²) in [4.78, 5) is 13.9. The van der Waals surface area contributed by atoms with Crippen molar-refractivity contribution in [3.8, 4) is 5.75 Å². The first kappa shape index (κ1) is 27.7. The van der Waals surface area contributed by atoms with Gasteiger partial charge in [0, 0.05) is 76.0 Å². The molecule has 3 rings (SSSR count). The number of ether oxygens (including phenoxy) is 2. The van der Waals surface area contributed by atoms with E-state index in [0.29, 0.717) is 45.1 Å². The molecule has 36 heavy (non-hydrogen) atoms. The summed E-state index contributed by atoms with van der Waals surface area (Å²) in [5, 5.41) is 11.3. The zero-order valence-corrected chi connectivity index (χ0v) is 22.3. The van der Waals surface area contributed by atoms with Gasteiger partial charge in [0.25, 0.3) is 0 Å². The molecule has 0 bridgehead atoms. The fraction of sp³-hybridized carbons (Fsp3) is 0.448. The van der Waals surface area contributed by atoms with Gasteiger partial charge in [-0.05, 0) is 45.0 Å². The van der Waals surface area contributed by atoms with E-state index >= 15 is 0 Å². The average molecular weight is 493 g/mol. The number of phenols is 1. The Labute approximate surface area is 215 Å². The number of benzene rings is 1. The topological polar surface area (TPSA) is 71.0 Å². The van der Waals surface area contributed by atoms with Crippen molar-refractivity contribution in [1.29, 1.82) is 0 Å². The molecule has 194 valence electrons. The van der Waals surface area contributed by atoms with Crippen molar-refractivity contribution in [2.24, 2.45) is 0 Å². The van der Waals surface area contributed by atoms with Gasteiger partial charge < -0.3 is 14.6 Å². The molecule has 2 aromatic heterocycles. The highest BCUT2D eigenvalue weighted by Crippen LogP contribution is 2.28. The highest BCUT2D eigenvalue weighted by Gasteiger charge is 2.17. The Kier molecular flexibility index (Phi) is 10.8. The van der Waals surface area contributed by atoms with Crippen LogP contribution in [0.4, 0.5) is 0 Å². The molecule has 0 aliphatic carbocycles. The number of phenolic OH excluding ortho intramolecular Hbond substituents is 1. The summed E-state index contributed by atoms with van der Waals surface area (Å²) in [6, 6.07) is 16.3. The van der Waals surface area contributed by atoms with Crippen LogP contribution in [0.3, 0.4) is 0 Å². The molecule has 1 N–H and O–H groups in total. The van der Waals surface area contributed by atoms with Crippen LogP contribution in [0.2, 0.25) is 0 Å². The van der Waals surface area contributed by atoms with E-state index in [1.807, 2.05) is 50.2 Å². The van der Waals surface area contributed by atoms with Gasteiger partial charge in [0.1, 0.15) is 5.75 Å². The molecule has 0 saturated carbocycles. The molecule has 0 amide bonds. The lowest BCUT2D eigenvalue weighted by Crippen LogP contribution is -2.28. The third-order valence-electron chi connectivity index (χ3n) is 6.09. The van der Waals surface area contributed by atoms with E-state index in [2.05, 4.69) is 38.8 Å². The summed E-state index contributed by atoms with van der Waals surface area (Å²) in [6.45, 7) is 11.4. The van der Waals surface area contributed by atoms with E-state index in [4.69, 9.17) is 9.47 Å². The fourth-order valence-corrected chi connectivity index (χ4v) is 4.36. The third kappa shape index (κ3) is 8.68. The Balaban J connectivity index is 1.81. The Morgan fingerprint density at radius 1 is 0.694 bits per heavy atom. The van der Waals surface area contributed by atoms with Gasteiger partial charge in [0.15, 0.2) is 0 Å². The predicted molar refractivity (Wildman–Crippen MR) is 143 cm³/mol. The van der Waals surface area contributed by atoms with Gasteiger partial charge in [-0.1, -0.05) is 29.8 Å². The first-order chi connectivity index (χ1) is 17.4. The average Bonchev–Trinajstić information content (AvgIpc) is 2.84. The van der Waals surface area contributed by atoms with Crippen LogP contribution in [-0.2, 0) is 35.7 Å². The molecule has 3 aromatic rings. The van der Waals surface area contributed by atoms with E-state index in [-0.39, 0.29) is 0 Å². The third-order valence-corrected chi connectivity index (χ3v) is 6.09. The largest absolute Gasteiger partial charge is 0.507 e. The molecule has 2 heterocycles. The highest BCUT2D eigenvalue weighted by molar-refractivity contribution is 5.43. The number of hydrogen-bond acceptors (Lipinski definition) is 7. The lowest BCUT2D eigenvalue weighted by Gasteiger charge is -2.25. The Morgan fingerprint density at radius 2 is 1.14 bits per heavy atom. The van der Waals surface area contributed by atoms with Crippen LogP contribution in [0.5, 0.6) is 5.75 Å². The highest BCUT2D eigenvalue weighted by atomic mass is 16.5. The summed E-state index contributed by atoms with van der Waals surface area (Å²) in [6.07, 6.45) is 0. The van der Waals surface area contributed by atoms with E-state index in [1.54, 1.807) is 14.2 Å². The van der Waals surface area contributed by atoms with Gasteiger partial charge in [-0.25, -0.2) is 0 Å². The number of pyridine rings is 2. The summed E-state index contributed by atoms with van der Waals surface area (Å²) in [5.41, 5.74) is 6.96. The smallest absolute Gasteiger partial charge is 0.124 e. The van der Waals surface area contributed by atoms with Gasteiger partial charge in [0.2, 0.25) is 0 Å². The van der Waals surface area contributed by atoms with Gasteiger partial charge in [-0.2, -0.15) is 0 Å². The molecule has 1 aromatic carbocycles. The van der Waals surface area contributed by atoms with Gasteiger partial charge in [0.05, 0.1) is 24.6 Å². The van der Waals surface area contributed by atoms with Crippen LogP contribution in [0.1, 0.15) is 39.5 Å². The van der Waals surface area contributed by atoms with Crippen LogP contribution in [0, 0.1) is 20.8 Å². The van der Waals surface area contributed by atoms with E-state index in [0.717, 1.165) is 52.6 Å². The maximum atomic E-state index is 11.3. The zero-order valence-electron chi connectivity index (χ0n) is 22.3. The van der Waals surface area contributed by atoms with Crippen LogP contribution < -0.4 is 0 Å². The first-order valence-electron chi connectivity index (χ1n) is 12.5. The Hall–Kier alpha value is -2.84. The van der Waals surface area contributed by atoms with Crippen LogP contribution in [0.15, 0.2) is 48.5 Å². The van der Waals surface area contributed by atoms with Crippen molar-refractivity contribution in [3.63, 3.8) is 0 Å². The molecule has 0 aliphatic heterocycles. The Morgan fingerprint density at radius 3 is 1.53 bits per heavy atom. The number of aryl methyl sites for hydroxylation is 3. The van der Waals surface area contributed by atoms with Gasteiger partial charge in [-0.15, -0.1) is 0 Å². The number of rotatable bonds is 14. The minimum absolute atomic E-state index is 0.347. The minimum Gasteiger partial charge on any atom is -0.507 e. The van der Waals surface area contributed by atoms with Crippen molar-refractivity contribution >= 4 is 0 Å². The summed E-state index contributed by atoms with van der Waals surface area (Å²) < 4.78 is 10.7. The fourth-order valence-electron chi connectivity index (χ4n) is 4.36. The second-order valence-electron chi connectivity index (χ2n) is 9.38. The van der Waals surface area contributed by atoms with Crippen molar-refractivity contribution in [2.75, 3.05) is 40.5 Å². The van der Waals surface area contributed by atoms with Crippen LogP contribution >= 0.6 is 0 Å². The van der Waals surface area contributed by atoms with E-state index in [9.17, 15) is 5.11 Å². The molecule has 0 saturated heterocycles. The zero-order chi connectivity index (χ0) is 25.9. The molecule has 0 fully saturated rings. The number of aromatic hydroxyl groups is 1. The molecule has 0 unspecified atom stereocenters.